The highest BCUT2D eigenvalue weighted by molar-refractivity contribution is 4.40. The van der Waals surface area contributed by atoms with Gasteiger partial charge in [-0.3, -0.25) is 0 Å². The summed E-state index contributed by atoms with van der Waals surface area (Å²) in [5.74, 6) is 0. The SMILES string of the molecule is CCCCOCCOCCOCCOCCOCCOCCOCCOCCOCCOCCOCCOCCOCCOCCO. The van der Waals surface area contributed by atoms with Gasteiger partial charge >= 0.3 is 0 Å². The van der Waals surface area contributed by atoms with Gasteiger partial charge in [0.2, 0.25) is 0 Å². The first kappa shape index (κ1) is 46.4. The van der Waals surface area contributed by atoms with Crippen molar-refractivity contribution in [1.29, 1.82) is 0 Å². The molecule has 0 spiro atoms. The normalized spacial score (nSPS) is 11.6. The highest BCUT2D eigenvalue weighted by atomic mass is 16.6. The fraction of sp³-hybridized carbons (Fsp3) is 1.00. The third-order valence-corrected chi connectivity index (χ3v) is 5.71. The van der Waals surface area contributed by atoms with E-state index in [-0.39, 0.29) is 6.61 Å². The van der Waals surface area contributed by atoms with E-state index in [9.17, 15) is 0 Å². The zero-order chi connectivity index (χ0) is 33.8. The molecule has 15 heteroatoms. The first-order valence-corrected chi connectivity index (χ1v) is 17.1. The monoisotopic (exact) mass is 690 g/mol. The second kappa shape index (κ2) is 45.4. The molecule has 0 aromatic carbocycles. The van der Waals surface area contributed by atoms with Crippen molar-refractivity contribution in [2.24, 2.45) is 0 Å². The van der Waals surface area contributed by atoms with E-state index >= 15 is 0 Å². The van der Waals surface area contributed by atoms with Crippen molar-refractivity contribution in [3.63, 3.8) is 0 Å². The minimum Gasteiger partial charge on any atom is -0.394 e. The smallest absolute Gasteiger partial charge is 0.0701 e. The van der Waals surface area contributed by atoms with Crippen LogP contribution < -0.4 is 0 Å². The van der Waals surface area contributed by atoms with Gasteiger partial charge < -0.3 is 71.4 Å². The molecule has 0 bridgehead atoms. The summed E-state index contributed by atoms with van der Waals surface area (Å²) in [5.41, 5.74) is 0. The summed E-state index contributed by atoms with van der Waals surface area (Å²) < 4.78 is 75.9. The summed E-state index contributed by atoms with van der Waals surface area (Å²) in [7, 11) is 0. The van der Waals surface area contributed by atoms with E-state index in [1.807, 2.05) is 0 Å². The Morgan fingerprint density at radius 3 is 0.532 bits per heavy atom. The third-order valence-electron chi connectivity index (χ3n) is 5.71. The Balaban J connectivity index is 3.03. The molecule has 0 fully saturated rings. The first-order valence-electron chi connectivity index (χ1n) is 17.1. The Morgan fingerprint density at radius 2 is 0.383 bits per heavy atom. The van der Waals surface area contributed by atoms with Gasteiger partial charge in [0.15, 0.2) is 0 Å². The molecule has 0 aromatic rings. The molecule has 0 aromatic heterocycles. The quantitative estimate of drug-likeness (QED) is 0.0906. The van der Waals surface area contributed by atoms with E-state index in [2.05, 4.69) is 6.92 Å². The highest BCUT2D eigenvalue weighted by Gasteiger charge is 1.97. The number of hydrogen-bond donors (Lipinski definition) is 1. The lowest BCUT2D eigenvalue weighted by Gasteiger charge is -2.09. The standard InChI is InChI=1S/C32H66O15/c1-2-3-5-34-7-9-36-11-13-38-15-17-40-19-21-42-23-25-44-27-29-46-31-32-47-30-28-45-26-24-43-22-20-41-18-16-39-14-12-37-10-8-35-6-4-33/h33H,2-32H2,1H3. The van der Waals surface area contributed by atoms with Crippen LogP contribution in [-0.4, -0.2) is 197 Å². The van der Waals surface area contributed by atoms with Crippen LogP contribution in [0.25, 0.3) is 0 Å². The molecule has 284 valence electrons. The zero-order valence-corrected chi connectivity index (χ0v) is 29.1. The van der Waals surface area contributed by atoms with Crippen LogP contribution in [0.4, 0.5) is 0 Å². The van der Waals surface area contributed by atoms with E-state index < -0.39 is 0 Å². The molecule has 0 atom stereocenters. The molecular formula is C32H66O15. The molecule has 0 saturated carbocycles. The van der Waals surface area contributed by atoms with Crippen LogP contribution in [0.2, 0.25) is 0 Å². The lowest BCUT2D eigenvalue weighted by atomic mass is 10.4. The highest BCUT2D eigenvalue weighted by Crippen LogP contribution is 1.89. The number of ether oxygens (including phenoxy) is 14. The van der Waals surface area contributed by atoms with Crippen molar-refractivity contribution >= 4 is 0 Å². The van der Waals surface area contributed by atoms with Crippen molar-refractivity contribution < 1.29 is 71.4 Å². The molecule has 0 amide bonds. The van der Waals surface area contributed by atoms with Crippen LogP contribution in [0, 0.1) is 0 Å². The summed E-state index contributed by atoms with van der Waals surface area (Å²) in [6.45, 7) is 16.8. The molecule has 15 nitrogen and oxygen atoms in total. The van der Waals surface area contributed by atoms with E-state index in [1.54, 1.807) is 0 Å². The summed E-state index contributed by atoms with van der Waals surface area (Å²) >= 11 is 0. The Kier molecular flexibility index (Phi) is 44.8. The van der Waals surface area contributed by atoms with Crippen LogP contribution in [0.15, 0.2) is 0 Å². The molecule has 0 saturated heterocycles. The fourth-order valence-electron chi connectivity index (χ4n) is 3.27. The van der Waals surface area contributed by atoms with E-state index in [0.29, 0.717) is 178 Å². The van der Waals surface area contributed by atoms with Crippen LogP contribution in [0.5, 0.6) is 0 Å². The summed E-state index contributed by atoms with van der Waals surface area (Å²) in [6.07, 6.45) is 2.24. The summed E-state index contributed by atoms with van der Waals surface area (Å²) in [4.78, 5) is 0. The van der Waals surface area contributed by atoms with Gasteiger partial charge in [0.1, 0.15) is 0 Å². The van der Waals surface area contributed by atoms with Crippen molar-refractivity contribution in [3.05, 3.63) is 0 Å². The molecule has 0 aliphatic rings. The van der Waals surface area contributed by atoms with Crippen molar-refractivity contribution in [1.82, 2.24) is 0 Å². The molecular weight excluding hydrogens is 624 g/mol. The Hall–Kier alpha value is -0.600. The van der Waals surface area contributed by atoms with Crippen molar-refractivity contribution in [2.45, 2.75) is 19.8 Å². The number of aliphatic hydroxyl groups is 1. The Labute approximate surface area is 282 Å². The summed E-state index contributed by atoms with van der Waals surface area (Å²) in [5, 5.41) is 8.58. The maximum Gasteiger partial charge on any atom is 0.0701 e. The molecule has 0 aliphatic heterocycles. The van der Waals surface area contributed by atoms with E-state index in [0.717, 1.165) is 19.4 Å². The van der Waals surface area contributed by atoms with E-state index in [4.69, 9.17) is 71.4 Å². The Bertz CT molecular complexity index is 493. The average Bonchev–Trinajstić information content (AvgIpc) is 3.08. The van der Waals surface area contributed by atoms with Gasteiger partial charge in [-0.25, -0.2) is 0 Å². The number of unbranched alkanes of at least 4 members (excludes halogenated alkanes) is 1. The van der Waals surface area contributed by atoms with Gasteiger partial charge in [-0.15, -0.1) is 0 Å². The maximum absolute atomic E-state index is 8.58. The molecule has 1 N–H and O–H groups in total. The van der Waals surface area contributed by atoms with Crippen molar-refractivity contribution in [3.8, 4) is 0 Å². The zero-order valence-electron chi connectivity index (χ0n) is 29.1. The van der Waals surface area contributed by atoms with Gasteiger partial charge in [0, 0.05) is 6.61 Å². The predicted molar refractivity (Wildman–Crippen MR) is 173 cm³/mol. The molecule has 0 rings (SSSR count). The van der Waals surface area contributed by atoms with Crippen LogP contribution in [0.3, 0.4) is 0 Å². The maximum atomic E-state index is 8.58. The van der Waals surface area contributed by atoms with Gasteiger partial charge in [0.05, 0.1) is 185 Å². The number of aliphatic hydroxyl groups excluding tert-OH is 1. The number of hydrogen-bond acceptors (Lipinski definition) is 15. The Morgan fingerprint density at radius 1 is 0.234 bits per heavy atom. The predicted octanol–water partition coefficient (Wildman–Crippen LogP) is 1.01. The average molecular weight is 691 g/mol. The van der Waals surface area contributed by atoms with Gasteiger partial charge in [0.25, 0.3) is 0 Å². The second-order valence-electron chi connectivity index (χ2n) is 9.65. The lowest BCUT2D eigenvalue weighted by molar-refractivity contribution is -0.0297. The van der Waals surface area contributed by atoms with Crippen LogP contribution in [0.1, 0.15) is 19.8 Å². The van der Waals surface area contributed by atoms with Crippen molar-refractivity contribution in [2.75, 3.05) is 192 Å². The molecule has 0 radical (unpaired) electrons. The van der Waals surface area contributed by atoms with E-state index in [1.165, 1.54) is 0 Å². The largest absolute Gasteiger partial charge is 0.394 e. The topological polar surface area (TPSA) is 149 Å². The minimum atomic E-state index is 0.0245. The van der Waals surface area contributed by atoms with Gasteiger partial charge in [-0.2, -0.15) is 0 Å². The van der Waals surface area contributed by atoms with Gasteiger partial charge in [-0.05, 0) is 6.42 Å². The number of rotatable bonds is 44. The lowest BCUT2D eigenvalue weighted by Crippen LogP contribution is -2.15. The molecule has 47 heavy (non-hydrogen) atoms. The van der Waals surface area contributed by atoms with Crippen LogP contribution >= 0.6 is 0 Å². The fourth-order valence-corrected chi connectivity index (χ4v) is 3.27. The molecule has 0 aliphatic carbocycles. The summed E-state index contributed by atoms with van der Waals surface area (Å²) in [6, 6.07) is 0. The molecule has 0 unspecified atom stereocenters. The minimum absolute atomic E-state index is 0.0245. The van der Waals surface area contributed by atoms with Crippen LogP contribution in [-0.2, 0) is 66.3 Å². The van der Waals surface area contributed by atoms with Gasteiger partial charge in [-0.1, -0.05) is 13.3 Å². The second-order valence-corrected chi connectivity index (χ2v) is 9.65. The molecule has 0 heterocycles. The third kappa shape index (κ3) is 45.4. The first-order chi connectivity index (χ1) is 23.4.